The minimum atomic E-state index is -0.505. The third-order valence-corrected chi connectivity index (χ3v) is 4.05. The maximum atomic E-state index is 11.8. The van der Waals surface area contributed by atoms with Gasteiger partial charge in [0.05, 0.1) is 15.8 Å². The minimum Gasteiger partial charge on any atom is -0.341 e. The molecule has 5 nitrogen and oxygen atoms in total. The van der Waals surface area contributed by atoms with Crippen LogP contribution < -0.4 is 10.6 Å². The number of nitrogens with one attached hydrogen (secondary N) is 2. The SMILES string of the molecule is CNC(=O)NC(=O)C(C)Sc1cc(C)c2ccccc2n1. The van der Waals surface area contributed by atoms with E-state index in [2.05, 4.69) is 15.6 Å². The van der Waals surface area contributed by atoms with E-state index in [9.17, 15) is 9.59 Å². The first-order valence-corrected chi connectivity index (χ1v) is 7.45. The molecule has 1 atom stereocenters. The number of pyridine rings is 1. The number of amides is 3. The van der Waals surface area contributed by atoms with Gasteiger partial charge in [-0.3, -0.25) is 10.1 Å². The van der Waals surface area contributed by atoms with Crippen molar-refractivity contribution in [3.05, 3.63) is 35.9 Å². The van der Waals surface area contributed by atoms with Crippen LogP contribution in [-0.2, 0) is 4.79 Å². The van der Waals surface area contributed by atoms with Gasteiger partial charge in [0.15, 0.2) is 0 Å². The first kappa shape index (κ1) is 15.3. The topological polar surface area (TPSA) is 71.1 Å². The van der Waals surface area contributed by atoms with Crippen LogP contribution in [-0.4, -0.2) is 29.2 Å². The van der Waals surface area contributed by atoms with Crippen LogP contribution in [0, 0.1) is 6.92 Å². The Labute approximate surface area is 127 Å². The van der Waals surface area contributed by atoms with Crippen LogP contribution in [0.1, 0.15) is 12.5 Å². The molecule has 1 heterocycles. The zero-order valence-electron chi connectivity index (χ0n) is 12.1. The van der Waals surface area contributed by atoms with Gasteiger partial charge in [-0.15, -0.1) is 0 Å². The molecule has 3 amide bonds. The number of nitrogens with zero attached hydrogens (tertiary/aromatic N) is 1. The molecule has 1 unspecified atom stereocenters. The molecule has 21 heavy (non-hydrogen) atoms. The highest BCUT2D eigenvalue weighted by atomic mass is 32.2. The largest absolute Gasteiger partial charge is 0.341 e. The average molecular weight is 303 g/mol. The lowest BCUT2D eigenvalue weighted by Crippen LogP contribution is -2.41. The van der Waals surface area contributed by atoms with Crippen molar-refractivity contribution in [2.24, 2.45) is 0 Å². The molecule has 0 spiro atoms. The second-order valence-electron chi connectivity index (χ2n) is 4.62. The Morgan fingerprint density at radius 2 is 2.00 bits per heavy atom. The van der Waals surface area contributed by atoms with Gasteiger partial charge in [-0.05, 0) is 31.5 Å². The van der Waals surface area contributed by atoms with E-state index in [4.69, 9.17) is 0 Å². The second kappa shape index (κ2) is 6.58. The number of benzene rings is 1. The summed E-state index contributed by atoms with van der Waals surface area (Å²) in [4.78, 5) is 27.5. The van der Waals surface area contributed by atoms with Crippen molar-refractivity contribution in [2.75, 3.05) is 7.05 Å². The van der Waals surface area contributed by atoms with E-state index in [0.717, 1.165) is 21.5 Å². The molecule has 1 aromatic heterocycles. The Hall–Kier alpha value is -2.08. The van der Waals surface area contributed by atoms with Crippen molar-refractivity contribution in [3.8, 4) is 0 Å². The summed E-state index contributed by atoms with van der Waals surface area (Å²) in [6.45, 7) is 3.76. The van der Waals surface area contributed by atoms with E-state index in [1.165, 1.54) is 18.8 Å². The lowest BCUT2D eigenvalue weighted by Gasteiger charge is -2.11. The molecule has 0 fully saturated rings. The summed E-state index contributed by atoms with van der Waals surface area (Å²) in [5.74, 6) is -0.341. The normalized spacial score (nSPS) is 12.0. The summed E-state index contributed by atoms with van der Waals surface area (Å²) in [6, 6.07) is 9.33. The van der Waals surface area contributed by atoms with Gasteiger partial charge in [0.2, 0.25) is 5.91 Å². The zero-order valence-corrected chi connectivity index (χ0v) is 13.0. The Bertz CT molecular complexity index is 688. The summed E-state index contributed by atoms with van der Waals surface area (Å²) >= 11 is 1.33. The van der Waals surface area contributed by atoms with E-state index < -0.39 is 11.3 Å². The summed E-state index contributed by atoms with van der Waals surface area (Å²) in [7, 11) is 1.47. The van der Waals surface area contributed by atoms with Crippen LogP contribution in [0.5, 0.6) is 0 Å². The van der Waals surface area contributed by atoms with Crippen molar-refractivity contribution in [1.82, 2.24) is 15.6 Å². The predicted octanol–water partition coefficient (Wildman–Crippen LogP) is 2.48. The molecule has 0 aliphatic carbocycles. The van der Waals surface area contributed by atoms with Gasteiger partial charge in [-0.2, -0.15) is 0 Å². The molecule has 2 rings (SSSR count). The van der Waals surface area contributed by atoms with E-state index in [0.29, 0.717) is 0 Å². The summed E-state index contributed by atoms with van der Waals surface area (Å²) in [6.07, 6.45) is 0. The number of fused-ring (bicyclic) bond motifs is 1. The van der Waals surface area contributed by atoms with E-state index in [1.807, 2.05) is 37.3 Å². The number of hydrogen-bond acceptors (Lipinski definition) is 4. The van der Waals surface area contributed by atoms with Gasteiger partial charge in [-0.1, -0.05) is 30.0 Å². The Morgan fingerprint density at radius 1 is 1.29 bits per heavy atom. The molecule has 0 bridgehead atoms. The van der Waals surface area contributed by atoms with Crippen molar-refractivity contribution < 1.29 is 9.59 Å². The van der Waals surface area contributed by atoms with Crippen molar-refractivity contribution in [3.63, 3.8) is 0 Å². The lowest BCUT2D eigenvalue weighted by molar-refractivity contribution is -0.119. The Morgan fingerprint density at radius 3 is 2.71 bits per heavy atom. The zero-order chi connectivity index (χ0) is 15.4. The van der Waals surface area contributed by atoms with Gasteiger partial charge < -0.3 is 5.32 Å². The van der Waals surface area contributed by atoms with Gasteiger partial charge in [0.1, 0.15) is 0 Å². The molecular weight excluding hydrogens is 286 g/mol. The number of aryl methyl sites for hydroxylation is 1. The fourth-order valence-electron chi connectivity index (χ4n) is 1.89. The highest BCUT2D eigenvalue weighted by Crippen LogP contribution is 2.26. The molecule has 2 aromatic rings. The molecule has 2 N–H and O–H groups in total. The fraction of sp³-hybridized carbons (Fsp3) is 0.267. The van der Waals surface area contributed by atoms with Crippen molar-refractivity contribution in [1.29, 1.82) is 0 Å². The van der Waals surface area contributed by atoms with Crippen molar-refractivity contribution >= 4 is 34.6 Å². The van der Waals surface area contributed by atoms with E-state index in [1.54, 1.807) is 6.92 Å². The van der Waals surface area contributed by atoms with Gasteiger partial charge in [0, 0.05) is 12.4 Å². The maximum absolute atomic E-state index is 11.8. The van der Waals surface area contributed by atoms with Gasteiger partial charge >= 0.3 is 6.03 Å². The summed E-state index contributed by atoms with van der Waals surface area (Å²) < 4.78 is 0. The number of urea groups is 1. The van der Waals surface area contributed by atoms with Crippen LogP contribution in [0.15, 0.2) is 35.4 Å². The molecule has 0 saturated heterocycles. The van der Waals surface area contributed by atoms with Crippen LogP contribution in [0.25, 0.3) is 10.9 Å². The van der Waals surface area contributed by atoms with Crippen LogP contribution >= 0.6 is 11.8 Å². The van der Waals surface area contributed by atoms with Gasteiger partial charge in [0.25, 0.3) is 0 Å². The minimum absolute atomic E-state index is 0.341. The highest BCUT2D eigenvalue weighted by molar-refractivity contribution is 8.00. The van der Waals surface area contributed by atoms with Crippen LogP contribution in [0.4, 0.5) is 4.79 Å². The fourth-order valence-corrected chi connectivity index (χ4v) is 2.81. The number of thioether (sulfide) groups is 1. The number of carbonyl (C=O) groups excluding carboxylic acids is 2. The summed E-state index contributed by atoms with van der Waals surface area (Å²) in [5.41, 5.74) is 2.01. The monoisotopic (exact) mass is 303 g/mol. The number of rotatable bonds is 3. The van der Waals surface area contributed by atoms with E-state index in [-0.39, 0.29) is 5.91 Å². The number of para-hydroxylation sites is 1. The Balaban J connectivity index is 2.16. The summed E-state index contributed by atoms with van der Waals surface area (Å²) in [5, 5.41) is 6.08. The first-order valence-electron chi connectivity index (χ1n) is 6.57. The number of hydrogen-bond donors (Lipinski definition) is 2. The number of imide groups is 1. The number of carbonyl (C=O) groups is 2. The highest BCUT2D eigenvalue weighted by Gasteiger charge is 2.17. The third kappa shape index (κ3) is 3.72. The van der Waals surface area contributed by atoms with Crippen LogP contribution in [0.2, 0.25) is 0 Å². The molecule has 0 aliphatic rings. The molecular formula is C15H17N3O2S. The standard InChI is InChI=1S/C15H17N3O2S/c1-9-8-13(17-12-7-5-4-6-11(9)12)21-10(2)14(19)18-15(20)16-3/h4-8,10H,1-3H3,(H2,16,18,19,20). The molecule has 1 aromatic carbocycles. The van der Waals surface area contributed by atoms with Crippen molar-refractivity contribution in [2.45, 2.75) is 24.1 Å². The molecule has 0 saturated carbocycles. The first-order chi connectivity index (χ1) is 10.0. The Kier molecular flexibility index (Phi) is 4.80. The molecule has 110 valence electrons. The quantitative estimate of drug-likeness (QED) is 0.855. The van der Waals surface area contributed by atoms with Crippen LogP contribution in [0.3, 0.4) is 0 Å². The molecule has 6 heteroatoms. The average Bonchev–Trinajstić information content (AvgIpc) is 2.47. The predicted molar refractivity (Wildman–Crippen MR) is 84.4 cm³/mol. The molecule has 0 radical (unpaired) electrons. The van der Waals surface area contributed by atoms with E-state index >= 15 is 0 Å². The smallest absolute Gasteiger partial charge is 0.321 e. The van der Waals surface area contributed by atoms with Gasteiger partial charge in [-0.25, -0.2) is 9.78 Å². The third-order valence-electron chi connectivity index (χ3n) is 3.03. The maximum Gasteiger partial charge on any atom is 0.321 e. The second-order valence-corrected chi connectivity index (χ2v) is 5.98. The molecule has 0 aliphatic heterocycles. The lowest BCUT2D eigenvalue weighted by atomic mass is 10.1. The number of aromatic nitrogens is 1.